The molecule has 0 aliphatic heterocycles. The number of primary amides is 1. The maximum atomic E-state index is 12.2. The number of aliphatic hydroxyl groups is 1. The smallest absolute Gasteiger partial charge is 0.315 e. The number of urea groups is 1. The molecule has 0 aromatic rings. The molecule has 4 nitrogen and oxygen atoms in total. The molecule has 0 unspecified atom stereocenters. The molecule has 144 valence electrons. The van der Waals surface area contributed by atoms with Crippen molar-refractivity contribution in [3.8, 4) is 0 Å². The first kappa shape index (κ1) is 19.0. The van der Waals surface area contributed by atoms with Crippen LogP contribution >= 0.6 is 0 Å². The van der Waals surface area contributed by atoms with E-state index in [1.54, 1.807) is 0 Å². The molecular formula is C21H38N2O2. The summed E-state index contributed by atoms with van der Waals surface area (Å²) in [4.78, 5) is 14.3. The Kier molecular flexibility index (Phi) is 5.67. The van der Waals surface area contributed by atoms with E-state index in [4.69, 9.17) is 5.73 Å². The van der Waals surface area contributed by atoms with Gasteiger partial charge in [-0.25, -0.2) is 4.79 Å². The molecule has 4 bridgehead atoms. The van der Waals surface area contributed by atoms with E-state index >= 15 is 0 Å². The lowest BCUT2D eigenvalue weighted by atomic mass is 9.52. The molecule has 0 saturated heterocycles. The van der Waals surface area contributed by atoms with Crippen LogP contribution in [-0.2, 0) is 0 Å². The summed E-state index contributed by atoms with van der Waals surface area (Å²) in [5.74, 6) is 2.53. The van der Waals surface area contributed by atoms with Gasteiger partial charge in [-0.2, -0.15) is 0 Å². The van der Waals surface area contributed by atoms with Crippen LogP contribution in [0.15, 0.2) is 0 Å². The van der Waals surface area contributed by atoms with E-state index in [1.807, 2.05) is 13.8 Å². The normalized spacial score (nSPS) is 33.6. The molecule has 4 fully saturated rings. The van der Waals surface area contributed by atoms with Crippen LogP contribution in [-0.4, -0.2) is 33.7 Å². The Morgan fingerprint density at radius 3 is 1.96 bits per heavy atom. The van der Waals surface area contributed by atoms with Gasteiger partial charge in [-0.05, 0) is 83.0 Å². The SMILES string of the molecule is CC(C)(O)CCCCCCCN(C(N)=O)C12CC3CC(CC(C3)C1)C2. The fourth-order valence-corrected chi connectivity index (χ4v) is 6.33. The van der Waals surface area contributed by atoms with Crippen LogP contribution in [0, 0.1) is 17.8 Å². The fraction of sp³-hybridized carbons (Fsp3) is 0.952. The summed E-state index contributed by atoms with van der Waals surface area (Å²) in [5, 5.41) is 9.75. The summed E-state index contributed by atoms with van der Waals surface area (Å²) in [5.41, 5.74) is 5.39. The lowest BCUT2D eigenvalue weighted by Gasteiger charge is -2.60. The van der Waals surface area contributed by atoms with E-state index < -0.39 is 5.60 Å². The number of carbonyl (C=O) groups excluding carboxylic acids is 1. The third-order valence-electron chi connectivity index (χ3n) is 7.01. The van der Waals surface area contributed by atoms with E-state index in [-0.39, 0.29) is 11.6 Å². The van der Waals surface area contributed by atoms with E-state index in [9.17, 15) is 9.90 Å². The van der Waals surface area contributed by atoms with Gasteiger partial charge in [0.05, 0.1) is 5.60 Å². The van der Waals surface area contributed by atoms with Crippen molar-refractivity contribution in [1.29, 1.82) is 0 Å². The second-order valence-electron chi connectivity index (χ2n) is 9.96. The minimum Gasteiger partial charge on any atom is -0.390 e. The zero-order valence-corrected chi connectivity index (χ0v) is 16.3. The summed E-state index contributed by atoms with van der Waals surface area (Å²) in [6, 6.07) is -0.191. The first-order chi connectivity index (χ1) is 11.8. The largest absolute Gasteiger partial charge is 0.390 e. The van der Waals surface area contributed by atoms with Crippen LogP contribution in [0.2, 0.25) is 0 Å². The number of carbonyl (C=O) groups is 1. The van der Waals surface area contributed by atoms with Crippen molar-refractivity contribution in [1.82, 2.24) is 4.90 Å². The minimum atomic E-state index is -0.540. The maximum Gasteiger partial charge on any atom is 0.315 e. The van der Waals surface area contributed by atoms with E-state index in [0.717, 1.165) is 56.4 Å². The monoisotopic (exact) mass is 350 g/mol. The quantitative estimate of drug-likeness (QED) is 0.603. The van der Waals surface area contributed by atoms with Crippen molar-refractivity contribution in [2.75, 3.05) is 6.54 Å². The number of unbranched alkanes of at least 4 members (excludes halogenated alkanes) is 4. The third kappa shape index (κ3) is 4.69. The Bertz CT molecular complexity index is 434. The first-order valence-electron chi connectivity index (χ1n) is 10.6. The zero-order chi connectivity index (χ0) is 18.1. The van der Waals surface area contributed by atoms with Crippen LogP contribution in [0.3, 0.4) is 0 Å². The number of rotatable bonds is 9. The molecule has 4 rings (SSSR count). The van der Waals surface area contributed by atoms with Gasteiger partial charge in [0, 0.05) is 12.1 Å². The average molecular weight is 351 g/mol. The molecule has 4 heteroatoms. The summed E-state index contributed by atoms with van der Waals surface area (Å²) in [7, 11) is 0. The van der Waals surface area contributed by atoms with Gasteiger partial charge >= 0.3 is 6.03 Å². The number of hydrogen-bond acceptors (Lipinski definition) is 2. The van der Waals surface area contributed by atoms with Gasteiger partial charge in [0.1, 0.15) is 0 Å². The van der Waals surface area contributed by atoms with Crippen LogP contribution in [0.25, 0.3) is 0 Å². The lowest BCUT2D eigenvalue weighted by molar-refractivity contribution is -0.0694. The van der Waals surface area contributed by atoms with Crippen LogP contribution in [0.1, 0.15) is 90.9 Å². The van der Waals surface area contributed by atoms with E-state index in [0.29, 0.717) is 0 Å². The highest BCUT2D eigenvalue weighted by molar-refractivity contribution is 5.73. The molecule has 0 aromatic carbocycles. The lowest BCUT2D eigenvalue weighted by Crippen LogP contribution is -2.62. The van der Waals surface area contributed by atoms with Crippen LogP contribution < -0.4 is 5.73 Å². The Morgan fingerprint density at radius 1 is 1.00 bits per heavy atom. The summed E-state index contributed by atoms with van der Waals surface area (Å²) >= 11 is 0. The van der Waals surface area contributed by atoms with Gasteiger partial charge in [0.2, 0.25) is 0 Å². The van der Waals surface area contributed by atoms with E-state index in [1.165, 1.54) is 44.9 Å². The highest BCUT2D eigenvalue weighted by Crippen LogP contribution is 2.57. The highest BCUT2D eigenvalue weighted by atomic mass is 16.3. The van der Waals surface area contributed by atoms with Crippen LogP contribution in [0.5, 0.6) is 0 Å². The van der Waals surface area contributed by atoms with Crippen molar-refractivity contribution in [3.05, 3.63) is 0 Å². The molecule has 0 aromatic heterocycles. The number of hydrogen-bond donors (Lipinski definition) is 2. The molecule has 0 spiro atoms. The molecular weight excluding hydrogens is 312 g/mol. The number of nitrogens with zero attached hydrogens (tertiary/aromatic N) is 1. The van der Waals surface area contributed by atoms with E-state index in [2.05, 4.69) is 4.90 Å². The molecule has 4 aliphatic carbocycles. The second-order valence-corrected chi connectivity index (χ2v) is 9.96. The van der Waals surface area contributed by atoms with Gasteiger partial charge in [0.15, 0.2) is 0 Å². The third-order valence-corrected chi connectivity index (χ3v) is 7.01. The minimum absolute atomic E-state index is 0.0987. The average Bonchev–Trinajstić information content (AvgIpc) is 2.46. The van der Waals surface area contributed by atoms with Crippen molar-refractivity contribution in [2.45, 2.75) is 102 Å². The van der Waals surface area contributed by atoms with Crippen molar-refractivity contribution >= 4 is 6.03 Å². The summed E-state index contributed by atoms with van der Waals surface area (Å²) in [6.07, 6.45) is 14.3. The van der Waals surface area contributed by atoms with Gasteiger partial charge in [-0.15, -0.1) is 0 Å². The Balaban J connectivity index is 1.44. The fourth-order valence-electron chi connectivity index (χ4n) is 6.33. The maximum absolute atomic E-state index is 12.2. The molecule has 25 heavy (non-hydrogen) atoms. The van der Waals surface area contributed by atoms with Gasteiger partial charge in [-0.3, -0.25) is 0 Å². The van der Waals surface area contributed by atoms with Crippen LogP contribution in [0.4, 0.5) is 4.79 Å². The number of nitrogens with two attached hydrogens (primary N) is 1. The molecule has 0 atom stereocenters. The van der Waals surface area contributed by atoms with Crippen molar-refractivity contribution < 1.29 is 9.90 Å². The second kappa shape index (κ2) is 7.46. The van der Waals surface area contributed by atoms with Gasteiger partial charge in [0.25, 0.3) is 0 Å². The molecule has 4 aliphatic rings. The molecule has 0 radical (unpaired) electrons. The zero-order valence-electron chi connectivity index (χ0n) is 16.3. The Morgan fingerprint density at radius 2 is 1.48 bits per heavy atom. The van der Waals surface area contributed by atoms with Gasteiger partial charge in [-0.1, -0.05) is 25.7 Å². The van der Waals surface area contributed by atoms with Crippen molar-refractivity contribution in [3.63, 3.8) is 0 Å². The molecule has 4 saturated carbocycles. The molecule has 0 heterocycles. The summed E-state index contributed by atoms with van der Waals surface area (Å²) < 4.78 is 0. The molecule has 2 amide bonds. The number of amides is 2. The molecule has 3 N–H and O–H groups in total. The van der Waals surface area contributed by atoms with Gasteiger partial charge < -0.3 is 15.7 Å². The predicted molar refractivity (Wildman–Crippen MR) is 101 cm³/mol. The Hall–Kier alpha value is -0.770. The Labute approximate surface area is 153 Å². The standard InChI is InChI=1S/C21H38N2O2/c1-20(2,25)8-6-4-3-5-7-9-23(19(22)24)21-13-16-10-17(14-21)12-18(11-16)15-21/h16-18,25H,3-15H2,1-2H3,(H2,22,24). The highest BCUT2D eigenvalue weighted by Gasteiger charge is 2.54. The summed E-state index contributed by atoms with van der Waals surface area (Å²) in [6.45, 7) is 4.60. The predicted octanol–water partition coefficient (Wildman–Crippen LogP) is 4.45. The first-order valence-corrected chi connectivity index (χ1v) is 10.6. The van der Waals surface area contributed by atoms with Crippen molar-refractivity contribution in [2.24, 2.45) is 23.5 Å². The topological polar surface area (TPSA) is 66.6 Å².